The monoisotopic (exact) mass is 251 g/mol. The number of hydrogen-bond donors (Lipinski definition) is 3. The van der Waals surface area contributed by atoms with Gasteiger partial charge in [0.2, 0.25) is 0 Å². The highest BCUT2D eigenvalue weighted by Crippen LogP contribution is 2.29. The van der Waals surface area contributed by atoms with Crippen LogP contribution in [-0.4, -0.2) is 29.5 Å². The minimum Gasteiger partial charge on any atom is -0.394 e. The molecule has 1 rings (SSSR count). The molecule has 0 aliphatic carbocycles. The first-order valence-electron chi connectivity index (χ1n) is 6.39. The SMILES string of the molecule is Cc1cc(C(C)(C)C)cc(C)c1NC(CO)CO. The Kier molecular flexibility index (Phi) is 4.77. The molecule has 0 saturated carbocycles. The fraction of sp³-hybridized carbons (Fsp3) is 0.600. The van der Waals surface area contributed by atoms with Crippen LogP contribution in [0.2, 0.25) is 0 Å². The molecule has 0 aliphatic heterocycles. The third-order valence-electron chi connectivity index (χ3n) is 3.19. The van der Waals surface area contributed by atoms with Crippen molar-refractivity contribution in [2.75, 3.05) is 18.5 Å². The van der Waals surface area contributed by atoms with Gasteiger partial charge in [-0.15, -0.1) is 0 Å². The van der Waals surface area contributed by atoms with Crippen LogP contribution < -0.4 is 5.32 Å². The van der Waals surface area contributed by atoms with Crippen LogP contribution in [0.15, 0.2) is 12.1 Å². The van der Waals surface area contributed by atoms with Crippen LogP contribution in [0.3, 0.4) is 0 Å². The van der Waals surface area contributed by atoms with E-state index < -0.39 is 0 Å². The lowest BCUT2D eigenvalue weighted by molar-refractivity contribution is 0.204. The molecule has 1 aromatic carbocycles. The van der Waals surface area contributed by atoms with E-state index in [1.54, 1.807) is 0 Å². The van der Waals surface area contributed by atoms with Gasteiger partial charge in [0.05, 0.1) is 19.3 Å². The Balaban J connectivity index is 3.09. The predicted molar refractivity (Wildman–Crippen MR) is 76.2 cm³/mol. The molecule has 0 atom stereocenters. The number of anilines is 1. The van der Waals surface area contributed by atoms with Crippen LogP contribution in [0.25, 0.3) is 0 Å². The summed E-state index contributed by atoms with van der Waals surface area (Å²) in [6.45, 7) is 10.5. The maximum absolute atomic E-state index is 9.13. The number of nitrogens with one attached hydrogen (secondary N) is 1. The van der Waals surface area contributed by atoms with Crippen molar-refractivity contribution in [1.29, 1.82) is 0 Å². The fourth-order valence-corrected chi connectivity index (χ4v) is 1.98. The summed E-state index contributed by atoms with van der Waals surface area (Å²) in [7, 11) is 0. The molecule has 102 valence electrons. The van der Waals surface area contributed by atoms with Crippen LogP contribution in [0.4, 0.5) is 5.69 Å². The Hall–Kier alpha value is -1.06. The number of rotatable bonds is 4. The zero-order chi connectivity index (χ0) is 13.9. The van der Waals surface area contributed by atoms with E-state index in [2.05, 4.69) is 52.1 Å². The lowest BCUT2D eigenvalue weighted by Crippen LogP contribution is -2.28. The second kappa shape index (κ2) is 5.72. The average molecular weight is 251 g/mol. The summed E-state index contributed by atoms with van der Waals surface area (Å²) in [5.41, 5.74) is 4.73. The molecule has 0 radical (unpaired) electrons. The van der Waals surface area contributed by atoms with E-state index in [-0.39, 0.29) is 24.7 Å². The van der Waals surface area contributed by atoms with E-state index in [9.17, 15) is 0 Å². The Labute approximate surface area is 110 Å². The normalized spacial score (nSPS) is 12.0. The van der Waals surface area contributed by atoms with Crippen LogP contribution in [0, 0.1) is 13.8 Å². The summed E-state index contributed by atoms with van der Waals surface area (Å²) < 4.78 is 0. The molecule has 0 bridgehead atoms. The van der Waals surface area contributed by atoms with Crippen molar-refractivity contribution in [2.24, 2.45) is 0 Å². The molecule has 3 nitrogen and oxygen atoms in total. The smallest absolute Gasteiger partial charge is 0.0723 e. The summed E-state index contributed by atoms with van der Waals surface area (Å²) in [5.74, 6) is 0. The summed E-state index contributed by atoms with van der Waals surface area (Å²) in [6.07, 6.45) is 0. The minimum absolute atomic E-state index is 0.0730. The zero-order valence-corrected chi connectivity index (χ0v) is 12.0. The molecular weight excluding hydrogens is 226 g/mol. The van der Waals surface area contributed by atoms with Gasteiger partial charge in [0, 0.05) is 5.69 Å². The van der Waals surface area contributed by atoms with Gasteiger partial charge in [0.25, 0.3) is 0 Å². The fourth-order valence-electron chi connectivity index (χ4n) is 1.98. The first-order chi connectivity index (χ1) is 8.29. The Bertz CT molecular complexity index is 380. The van der Waals surface area contributed by atoms with Gasteiger partial charge in [-0.1, -0.05) is 32.9 Å². The molecule has 3 heteroatoms. The molecule has 0 spiro atoms. The van der Waals surface area contributed by atoms with Gasteiger partial charge in [-0.2, -0.15) is 0 Å². The lowest BCUT2D eigenvalue weighted by atomic mass is 9.84. The summed E-state index contributed by atoms with van der Waals surface area (Å²) in [6, 6.07) is 4.03. The van der Waals surface area contributed by atoms with Crippen LogP contribution in [0.1, 0.15) is 37.5 Å². The van der Waals surface area contributed by atoms with E-state index in [0.717, 1.165) is 16.8 Å². The molecule has 0 amide bonds. The number of hydrogen-bond acceptors (Lipinski definition) is 3. The van der Waals surface area contributed by atoms with Crippen molar-refractivity contribution < 1.29 is 10.2 Å². The van der Waals surface area contributed by atoms with Crippen molar-refractivity contribution in [2.45, 2.75) is 46.1 Å². The molecule has 0 heterocycles. The van der Waals surface area contributed by atoms with Gasteiger partial charge in [-0.25, -0.2) is 0 Å². The first-order valence-corrected chi connectivity index (χ1v) is 6.39. The number of aliphatic hydroxyl groups is 2. The average Bonchev–Trinajstić information content (AvgIpc) is 2.27. The van der Waals surface area contributed by atoms with Crippen molar-refractivity contribution in [3.8, 4) is 0 Å². The standard InChI is InChI=1S/C15H25NO2/c1-10-6-12(15(3,4)5)7-11(2)14(10)16-13(8-17)9-18/h6-7,13,16-18H,8-9H2,1-5H3. The van der Waals surface area contributed by atoms with Crippen molar-refractivity contribution in [1.82, 2.24) is 0 Å². The van der Waals surface area contributed by atoms with E-state index in [0.29, 0.717) is 0 Å². The van der Waals surface area contributed by atoms with Crippen LogP contribution in [0.5, 0.6) is 0 Å². The van der Waals surface area contributed by atoms with Gasteiger partial charge in [0.1, 0.15) is 0 Å². The van der Waals surface area contributed by atoms with Gasteiger partial charge in [-0.3, -0.25) is 0 Å². The van der Waals surface area contributed by atoms with Crippen molar-refractivity contribution in [3.63, 3.8) is 0 Å². The number of aliphatic hydroxyl groups excluding tert-OH is 2. The van der Waals surface area contributed by atoms with Crippen LogP contribution in [-0.2, 0) is 5.41 Å². The van der Waals surface area contributed by atoms with E-state index in [4.69, 9.17) is 10.2 Å². The van der Waals surface area contributed by atoms with Crippen molar-refractivity contribution in [3.05, 3.63) is 28.8 Å². The molecule has 0 aliphatic rings. The van der Waals surface area contributed by atoms with Crippen LogP contribution >= 0.6 is 0 Å². The lowest BCUT2D eigenvalue weighted by Gasteiger charge is -2.24. The van der Waals surface area contributed by atoms with Gasteiger partial charge in [-0.05, 0) is 36.0 Å². The molecule has 0 fully saturated rings. The quantitative estimate of drug-likeness (QED) is 0.770. The molecular formula is C15H25NO2. The first kappa shape index (κ1) is 15.0. The molecule has 3 N–H and O–H groups in total. The topological polar surface area (TPSA) is 52.5 Å². The Morgan fingerprint density at radius 3 is 1.83 bits per heavy atom. The van der Waals surface area contributed by atoms with E-state index >= 15 is 0 Å². The second-order valence-corrected chi connectivity index (χ2v) is 5.94. The van der Waals surface area contributed by atoms with Crippen molar-refractivity contribution >= 4 is 5.69 Å². The third kappa shape index (κ3) is 3.47. The molecule has 0 unspecified atom stereocenters. The molecule has 0 saturated heterocycles. The summed E-state index contributed by atoms with van der Waals surface area (Å²) in [4.78, 5) is 0. The van der Waals surface area contributed by atoms with E-state index in [1.807, 2.05) is 0 Å². The highest BCUT2D eigenvalue weighted by Gasteiger charge is 2.17. The number of aryl methyl sites for hydroxylation is 2. The van der Waals surface area contributed by atoms with Gasteiger partial charge >= 0.3 is 0 Å². The summed E-state index contributed by atoms with van der Waals surface area (Å²) >= 11 is 0. The largest absolute Gasteiger partial charge is 0.394 e. The molecule has 1 aromatic rings. The maximum atomic E-state index is 9.13. The Morgan fingerprint density at radius 1 is 1.06 bits per heavy atom. The zero-order valence-electron chi connectivity index (χ0n) is 12.0. The minimum atomic E-state index is -0.303. The van der Waals surface area contributed by atoms with Gasteiger partial charge in [0.15, 0.2) is 0 Å². The maximum Gasteiger partial charge on any atom is 0.0723 e. The second-order valence-electron chi connectivity index (χ2n) is 5.94. The Morgan fingerprint density at radius 2 is 1.50 bits per heavy atom. The summed E-state index contributed by atoms with van der Waals surface area (Å²) in [5, 5.41) is 21.5. The highest BCUT2D eigenvalue weighted by molar-refractivity contribution is 5.59. The van der Waals surface area contributed by atoms with E-state index in [1.165, 1.54) is 5.56 Å². The molecule has 18 heavy (non-hydrogen) atoms. The highest BCUT2D eigenvalue weighted by atomic mass is 16.3. The number of benzene rings is 1. The third-order valence-corrected chi connectivity index (χ3v) is 3.19. The molecule has 0 aromatic heterocycles. The van der Waals surface area contributed by atoms with Gasteiger partial charge < -0.3 is 15.5 Å². The predicted octanol–water partition coefficient (Wildman–Crippen LogP) is 2.37.